The molecule has 0 aliphatic heterocycles. The Balaban J connectivity index is 4.08. The third kappa shape index (κ3) is 6.71. The summed E-state index contributed by atoms with van der Waals surface area (Å²) < 4.78 is 0. The molecule has 0 radical (unpaired) electrons. The van der Waals surface area contributed by atoms with E-state index < -0.39 is 5.97 Å². The Labute approximate surface area is 90.4 Å². The lowest BCUT2D eigenvalue weighted by molar-refractivity contribution is -0.136. The van der Waals surface area contributed by atoms with Gasteiger partial charge in [0, 0.05) is 12.6 Å². The summed E-state index contributed by atoms with van der Waals surface area (Å²) in [6.45, 7) is 8.11. The van der Waals surface area contributed by atoms with E-state index in [2.05, 4.69) is 5.32 Å². The lowest BCUT2D eigenvalue weighted by atomic mass is 9.87. The van der Waals surface area contributed by atoms with E-state index in [1.807, 2.05) is 27.7 Å². The predicted octanol–water partition coefficient (Wildman–Crippen LogP) is 1.57. The lowest BCUT2D eigenvalue weighted by Gasteiger charge is -2.19. The maximum Gasteiger partial charge on any atom is 0.305 e. The SMILES string of the molecule is C/C(=C\C(=O)NCCC(=O)O)C(C)(C)C. The summed E-state index contributed by atoms with van der Waals surface area (Å²) in [5.41, 5.74) is 0.930. The largest absolute Gasteiger partial charge is 0.481 e. The Morgan fingerprint density at radius 1 is 1.33 bits per heavy atom. The summed E-state index contributed by atoms with van der Waals surface area (Å²) in [5.74, 6) is -1.14. The van der Waals surface area contributed by atoms with E-state index >= 15 is 0 Å². The van der Waals surface area contributed by atoms with Crippen LogP contribution in [0.15, 0.2) is 11.6 Å². The molecular weight excluding hydrogens is 194 g/mol. The van der Waals surface area contributed by atoms with Crippen molar-refractivity contribution in [3.05, 3.63) is 11.6 Å². The molecule has 4 nitrogen and oxygen atoms in total. The number of allylic oxidation sites excluding steroid dienone is 1. The minimum Gasteiger partial charge on any atom is -0.481 e. The average Bonchev–Trinajstić information content (AvgIpc) is 2.01. The summed E-state index contributed by atoms with van der Waals surface area (Å²) in [4.78, 5) is 21.5. The maximum absolute atomic E-state index is 11.3. The summed E-state index contributed by atoms with van der Waals surface area (Å²) in [6.07, 6.45) is 1.47. The van der Waals surface area contributed by atoms with Crippen molar-refractivity contribution < 1.29 is 14.7 Å². The van der Waals surface area contributed by atoms with Crippen LogP contribution in [0, 0.1) is 5.41 Å². The number of carboxylic acid groups (broad SMARTS) is 1. The fourth-order valence-corrected chi connectivity index (χ4v) is 0.757. The van der Waals surface area contributed by atoms with Crippen LogP contribution < -0.4 is 5.32 Å². The molecule has 0 saturated carbocycles. The van der Waals surface area contributed by atoms with Crippen molar-refractivity contribution in [1.82, 2.24) is 5.32 Å². The molecular formula is C11H19NO3. The highest BCUT2D eigenvalue weighted by Crippen LogP contribution is 2.23. The molecule has 0 bridgehead atoms. The van der Waals surface area contributed by atoms with Gasteiger partial charge in [-0.1, -0.05) is 26.3 Å². The molecule has 86 valence electrons. The number of carbonyl (C=O) groups is 2. The van der Waals surface area contributed by atoms with E-state index in [4.69, 9.17) is 5.11 Å². The fourth-order valence-electron chi connectivity index (χ4n) is 0.757. The van der Waals surface area contributed by atoms with Crippen LogP contribution in [0.2, 0.25) is 0 Å². The molecule has 0 saturated heterocycles. The third-order valence-corrected chi connectivity index (χ3v) is 2.17. The van der Waals surface area contributed by atoms with Crippen LogP contribution in [0.5, 0.6) is 0 Å². The second-order valence-corrected chi connectivity index (χ2v) is 4.51. The van der Waals surface area contributed by atoms with Crippen molar-refractivity contribution in [2.24, 2.45) is 5.41 Å². The van der Waals surface area contributed by atoms with Gasteiger partial charge in [-0.05, 0) is 12.3 Å². The Kier molecular flexibility index (Phi) is 5.05. The van der Waals surface area contributed by atoms with Crippen LogP contribution in [0.1, 0.15) is 34.1 Å². The monoisotopic (exact) mass is 213 g/mol. The van der Waals surface area contributed by atoms with Gasteiger partial charge in [-0.2, -0.15) is 0 Å². The van der Waals surface area contributed by atoms with Gasteiger partial charge in [-0.15, -0.1) is 0 Å². The smallest absolute Gasteiger partial charge is 0.305 e. The molecule has 0 spiro atoms. The van der Waals surface area contributed by atoms with Crippen LogP contribution in [0.3, 0.4) is 0 Å². The molecule has 0 rings (SSSR count). The van der Waals surface area contributed by atoms with Crippen molar-refractivity contribution in [2.75, 3.05) is 6.54 Å². The molecule has 0 aromatic rings. The summed E-state index contributed by atoms with van der Waals surface area (Å²) in [7, 11) is 0. The number of hydrogen-bond acceptors (Lipinski definition) is 2. The van der Waals surface area contributed by atoms with E-state index in [1.165, 1.54) is 6.08 Å². The fraction of sp³-hybridized carbons (Fsp3) is 0.636. The zero-order chi connectivity index (χ0) is 12.1. The Hall–Kier alpha value is -1.32. The third-order valence-electron chi connectivity index (χ3n) is 2.17. The standard InChI is InChI=1S/C11H19NO3/c1-8(11(2,3)4)7-9(13)12-6-5-10(14)15/h7H,5-6H2,1-4H3,(H,12,13)(H,14,15)/b8-7+. The molecule has 4 heteroatoms. The van der Waals surface area contributed by atoms with Crippen LogP contribution in [-0.4, -0.2) is 23.5 Å². The van der Waals surface area contributed by atoms with Crippen molar-refractivity contribution in [3.63, 3.8) is 0 Å². The van der Waals surface area contributed by atoms with Crippen LogP contribution in [0.4, 0.5) is 0 Å². The molecule has 0 unspecified atom stereocenters. The highest BCUT2D eigenvalue weighted by Gasteiger charge is 2.13. The number of rotatable bonds is 4. The first-order chi connectivity index (χ1) is 6.73. The van der Waals surface area contributed by atoms with E-state index in [-0.39, 0.29) is 24.3 Å². The molecule has 0 aromatic carbocycles. The number of carbonyl (C=O) groups excluding carboxylic acids is 1. The lowest BCUT2D eigenvalue weighted by Crippen LogP contribution is -2.25. The van der Waals surface area contributed by atoms with Gasteiger partial charge in [0.1, 0.15) is 0 Å². The van der Waals surface area contributed by atoms with Gasteiger partial charge in [0.05, 0.1) is 6.42 Å². The number of amides is 1. The Morgan fingerprint density at radius 2 is 1.87 bits per heavy atom. The number of aliphatic carboxylic acids is 1. The number of carboxylic acids is 1. The van der Waals surface area contributed by atoms with Gasteiger partial charge in [-0.3, -0.25) is 9.59 Å². The number of nitrogens with one attached hydrogen (secondary N) is 1. The topological polar surface area (TPSA) is 66.4 Å². The number of hydrogen-bond donors (Lipinski definition) is 2. The summed E-state index contributed by atoms with van der Waals surface area (Å²) in [6, 6.07) is 0. The minimum absolute atomic E-state index is 0.0376. The molecule has 1 amide bonds. The van der Waals surface area contributed by atoms with E-state index in [0.29, 0.717) is 0 Å². The predicted molar refractivity (Wildman–Crippen MR) is 58.5 cm³/mol. The van der Waals surface area contributed by atoms with Gasteiger partial charge >= 0.3 is 5.97 Å². The Bertz CT molecular complexity index is 274. The van der Waals surface area contributed by atoms with Crippen LogP contribution >= 0.6 is 0 Å². The highest BCUT2D eigenvalue weighted by molar-refractivity contribution is 5.88. The van der Waals surface area contributed by atoms with Crippen LogP contribution in [-0.2, 0) is 9.59 Å². The zero-order valence-electron chi connectivity index (χ0n) is 9.76. The molecule has 0 atom stereocenters. The van der Waals surface area contributed by atoms with E-state index in [9.17, 15) is 9.59 Å². The second-order valence-electron chi connectivity index (χ2n) is 4.51. The van der Waals surface area contributed by atoms with Gasteiger partial charge in [0.25, 0.3) is 0 Å². The quantitative estimate of drug-likeness (QED) is 0.696. The first kappa shape index (κ1) is 13.7. The van der Waals surface area contributed by atoms with Crippen molar-refractivity contribution in [2.45, 2.75) is 34.1 Å². The molecule has 0 aromatic heterocycles. The van der Waals surface area contributed by atoms with Gasteiger partial charge < -0.3 is 10.4 Å². The van der Waals surface area contributed by atoms with Crippen LogP contribution in [0.25, 0.3) is 0 Å². The maximum atomic E-state index is 11.3. The van der Waals surface area contributed by atoms with Gasteiger partial charge in [-0.25, -0.2) is 0 Å². The summed E-state index contributed by atoms with van der Waals surface area (Å²) >= 11 is 0. The summed E-state index contributed by atoms with van der Waals surface area (Å²) in [5, 5.41) is 10.9. The molecule has 0 fully saturated rings. The molecule has 2 N–H and O–H groups in total. The van der Waals surface area contributed by atoms with Crippen molar-refractivity contribution in [3.8, 4) is 0 Å². The normalized spacial score (nSPS) is 12.4. The van der Waals surface area contributed by atoms with E-state index in [1.54, 1.807) is 0 Å². The molecule has 15 heavy (non-hydrogen) atoms. The second kappa shape index (κ2) is 5.53. The molecule has 0 heterocycles. The van der Waals surface area contributed by atoms with Crippen molar-refractivity contribution >= 4 is 11.9 Å². The van der Waals surface area contributed by atoms with Gasteiger partial charge in [0.2, 0.25) is 5.91 Å². The van der Waals surface area contributed by atoms with E-state index in [0.717, 1.165) is 5.57 Å². The molecule has 0 aliphatic rings. The van der Waals surface area contributed by atoms with Crippen molar-refractivity contribution in [1.29, 1.82) is 0 Å². The minimum atomic E-state index is -0.910. The molecule has 0 aliphatic carbocycles. The first-order valence-electron chi connectivity index (χ1n) is 4.92. The Morgan fingerprint density at radius 3 is 2.27 bits per heavy atom. The first-order valence-corrected chi connectivity index (χ1v) is 4.92. The average molecular weight is 213 g/mol. The highest BCUT2D eigenvalue weighted by atomic mass is 16.4. The zero-order valence-corrected chi connectivity index (χ0v) is 9.76. The van der Waals surface area contributed by atoms with Gasteiger partial charge in [0.15, 0.2) is 0 Å².